The first-order chi connectivity index (χ1) is 13.9. The monoisotopic (exact) mass is 391 g/mol. The molecule has 1 aliphatic rings. The third-order valence-electron chi connectivity index (χ3n) is 5.42. The van der Waals surface area contributed by atoms with Gasteiger partial charge in [-0.15, -0.1) is 5.10 Å². The largest absolute Gasteiger partial charge is 0.354 e. The van der Waals surface area contributed by atoms with Gasteiger partial charge in [0.1, 0.15) is 5.82 Å². The van der Waals surface area contributed by atoms with Gasteiger partial charge in [-0.1, -0.05) is 35.9 Å². The highest BCUT2D eigenvalue weighted by atomic mass is 15.6. The number of aromatic nitrogens is 5. The summed E-state index contributed by atoms with van der Waals surface area (Å²) in [5, 5.41) is 12.8. The lowest BCUT2D eigenvalue weighted by Gasteiger charge is -2.40. The molecule has 0 spiro atoms. The molecule has 0 radical (unpaired) electrons. The van der Waals surface area contributed by atoms with E-state index in [1.54, 1.807) is 0 Å². The van der Waals surface area contributed by atoms with Gasteiger partial charge in [0, 0.05) is 32.4 Å². The van der Waals surface area contributed by atoms with Crippen LogP contribution in [0.1, 0.15) is 43.8 Å². The van der Waals surface area contributed by atoms with E-state index in [1.807, 2.05) is 23.0 Å². The average Bonchev–Trinajstić information content (AvgIpc) is 3.21. The van der Waals surface area contributed by atoms with Crippen molar-refractivity contribution < 1.29 is 0 Å². The molecule has 3 heterocycles. The van der Waals surface area contributed by atoms with Gasteiger partial charge >= 0.3 is 0 Å². The van der Waals surface area contributed by atoms with Crippen molar-refractivity contribution in [3.8, 4) is 0 Å². The minimum Gasteiger partial charge on any atom is -0.354 e. The average molecular weight is 392 g/mol. The number of piperazine rings is 1. The Balaban J connectivity index is 1.64. The first-order valence-electron chi connectivity index (χ1n) is 10.2. The second kappa shape index (κ2) is 7.91. The Morgan fingerprint density at radius 1 is 0.931 bits per heavy atom. The van der Waals surface area contributed by atoms with Crippen LogP contribution in [0.25, 0.3) is 0 Å². The van der Waals surface area contributed by atoms with Gasteiger partial charge in [0.15, 0.2) is 5.82 Å². The number of pyridine rings is 1. The maximum absolute atomic E-state index is 4.51. The Labute approximate surface area is 172 Å². The standard InChI is InChI=1S/C22H29N7/c1-17-8-10-18(11-9-17)20(21-24-25-26-29(21)22(2,3)4)28-15-13-27(14-16-28)19-7-5-6-12-23-19/h5-12,20H,13-16H2,1-4H3/t20-/m1/s1. The van der Waals surface area contributed by atoms with Crippen LogP contribution in [-0.2, 0) is 5.54 Å². The first kappa shape index (κ1) is 19.5. The minimum absolute atomic E-state index is 0.0238. The summed E-state index contributed by atoms with van der Waals surface area (Å²) in [6.07, 6.45) is 1.86. The number of benzene rings is 1. The molecule has 1 fully saturated rings. The summed E-state index contributed by atoms with van der Waals surface area (Å²) in [6, 6.07) is 14.8. The number of hydrogen-bond donors (Lipinski definition) is 0. The first-order valence-corrected chi connectivity index (χ1v) is 10.2. The van der Waals surface area contributed by atoms with Crippen LogP contribution in [0.15, 0.2) is 48.7 Å². The van der Waals surface area contributed by atoms with Gasteiger partial charge in [-0.05, 0) is 55.8 Å². The van der Waals surface area contributed by atoms with Gasteiger partial charge in [-0.2, -0.15) is 0 Å². The molecule has 0 N–H and O–H groups in total. The summed E-state index contributed by atoms with van der Waals surface area (Å²) in [5.41, 5.74) is 2.29. The Bertz CT molecular complexity index is 920. The van der Waals surface area contributed by atoms with Crippen LogP contribution in [0.4, 0.5) is 5.82 Å². The Hall–Kier alpha value is -2.80. The number of anilines is 1. The quantitative estimate of drug-likeness (QED) is 0.681. The molecule has 7 heteroatoms. The van der Waals surface area contributed by atoms with Crippen molar-refractivity contribution in [3.63, 3.8) is 0 Å². The van der Waals surface area contributed by atoms with Crippen molar-refractivity contribution in [2.24, 2.45) is 0 Å². The van der Waals surface area contributed by atoms with Gasteiger partial charge < -0.3 is 4.90 Å². The van der Waals surface area contributed by atoms with E-state index in [0.29, 0.717) is 0 Å². The highest BCUT2D eigenvalue weighted by Crippen LogP contribution is 2.31. The fourth-order valence-electron chi connectivity index (χ4n) is 3.86. The summed E-state index contributed by atoms with van der Waals surface area (Å²) in [5.74, 6) is 1.94. The van der Waals surface area contributed by atoms with Gasteiger partial charge in [0.05, 0.1) is 11.6 Å². The van der Waals surface area contributed by atoms with E-state index in [-0.39, 0.29) is 11.6 Å². The van der Waals surface area contributed by atoms with E-state index in [0.717, 1.165) is 37.8 Å². The molecule has 3 aromatic rings. The summed E-state index contributed by atoms with van der Waals surface area (Å²) in [6.45, 7) is 12.2. The number of nitrogens with zero attached hydrogens (tertiary/aromatic N) is 7. The highest BCUT2D eigenvalue weighted by molar-refractivity contribution is 5.38. The van der Waals surface area contributed by atoms with Gasteiger partial charge in [-0.3, -0.25) is 4.90 Å². The normalized spacial score (nSPS) is 16.8. The Morgan fingerprint density at radius 3 is 2.28 bits per heavy atom. The summed E-state index contributed by atoms with van der Waals surface area (Å²) >= 11 is 0. The lowest BCUT2D eigenvalue weighted by Crippen LogP contribution is -2.49. The number of aryl methyl sites for hydroxylation is 1. The third-order valence-corrected chi connectivity index (χ3v) is 5.42. The summed E-state index contributed by atoms with van der Waals surface area (Å²) in [4.78, 5) is 9.33. The smallest absolute Gasteiger partial charge is 0.173 e. The number of hydrogen-bond acceptors (Lipinski definition) is 6. The molecule has 0 unspecified atom stereocenters. The summed E-state index contributed by atoms with van der Waals surface area (Å²) in [7, 11) is 0. The maximum atomic E-state index is 4.51. The van der Waals surface area contributed by atoms with Crippen molar-refractivity contribution in [1.29, 1.82) is 0 Å². The molecule has 0 bridgehead atoms. The summed E-state index contributed by atoms with van der Waals surface area (Å²) < 4.78 is 1.96. The third kappa shape index (κ3) is 4.15. The second-order valence-electron chi connectivity index (χ2n) is 8.64. The fraction of sp³-hybridized carbons (Fsp3) is 0.455. The fourth-order valence-corrected chi connectivity index (χ4v) is 3.86. The van der Waals surface area contributed by atoms with Crippen molar-refractivity contribution in [3.05, 3.63) is 65.6 Å². The molecule has 2 aromatic heterocycles. The Kier molecular flexibility index (Phi) is 5.32. The van der Waals surface area contributed by atoms with Crippen LogP contribution in [0.2, 0.25) is 0 Å². The van der Waals surface area contributed by atoms with E-state index in [2.05, 4.69) is 88.3 Å². The van der Waals surface area contributed by atoms with Crippen LogP contribution in [0.3, 0.4) is 0 Å². The molecule has 1 aliphatic heterocycles. The minimum atomic E-state index is -0.183. The van der Waals surface area contributed by atoms with E-state index in [1.165, 1.54) is 11.1 Å². The SMILES string of the molecule is Cc1ccc([C@H](c2nnnn2C(C)(C)C)N2CCN(c3ccccn3)CC2)cc1. The van der Waals surface area contributed by atoms with Crippen LogP contribution < -0.4 is 4.90 Å². The molecule has 1 aromatic carbocycles. The predicted octanol–water partition coefficient (Wildman–Crippen LogP) is 3.04. The zero-order chi connectivity index (χ0) is 20.4. The molecule has 1 atom stereocenters. The zero-order valence-electron chi connectivity index (χ0n) is 17.7. The van der Waals surface area contributed by atoms with Crippen LogP contribution in [-0.4, -0.2) is 56.3 Å². The highest BCUT2D eigenvalue weighted by Gasteiger charge is 2.33. The van der Waals surface area contributed by atoms with E-state index < -0.39 is 0 Å². The van der Waals surface area contributed by atoms with Crippen molar-refractivity contribution in [2.75, 3.05) is 31.1 Å². The lowest BCUT2D eigenvalue weighted by molar-refractivity contribution is 0.191. The topological polar surface area (TPSA) is 63.0 Å². The molecular formula is C22H29N7. The van der Waals surface area contributed by atoms with E-state index in [4.69, 9.17) is 0 Å². The molecule has 7 nitrogen and oxygen atoms in total. The van der Waals surface area contributed by atoms with Crippen molar-refractivity contribution in [2.45, 2.75) is 39.3 Å². The van der Waals surface area contributed by atoms with Gasteiger partial charge in [-0.25, -0.2) is 9.67 Å². The molecule has 29 heavy (non-hydrogen) atoms. The van der Waals surface area contributed by atoms with Crippen molar-refractivity contribution >= 4 is 5.82 Å². The van der Waals surface area contributed by atoms with Crippen LogP contribution >= 0.6 is 0 Å². The second-order valence-corrected chi connectivity index (χ2v) is 8.64. The van der Waals surface area contributed by atoms with E-state index in [9.17, 15) is 0 Å². The van der Waals surface area contributed by atoms with Gasteiger partial charge in [0.2, 0.25) is 0 Å². The maximum Gasteiger partial charge on any atom is 0.173 e. The Morgan fingerprint density at radius 2 is 1.66 bits per heavy atom. The molecule has 0 saturated carbocycles. The van der Waals surface area contributed by atoms with Crippen LogP contribution in [0, 0.1) is 6.92 Å². The van der Waals surface area contributed by atoms with Crippen molar-refractivity contribution in [1.82, 2.24) is 30.1 Å². The number of rotatable bonds is 4. The molecule has 4 rings (SSSR count). The lowest BCUT2D eigenvalue weighted by atomic mass is 10.0. The molecule has 1 saturated heterocycles. The molecule has 0 amide bonds. The molecular weight excluding hydrogens is 362 g/mol. The van der Waals surface area contributed by atoms with Gasteiger partial charge in [0.25, 0.3) is 0 Å². The molecule has 152 valence electrons. The van der Waals surface area contributed by atoms with E-state index >= 15 is 0 Å². The molecule has 0 aliphatic carbocycles. The predicted molar refractivity (Wildman–Crippen MR) is 114 cm³/mol. The van der Waals surface area contributed by atoms with Crippen LogP contribution in [0.5, 0.6) is 0 Å². The number of tetrazole rings is 1. The zero-order valence-corrected chi connectivity index (χ0v) is 17.7.